The summed E-state index contributed by atoms with van der Waals surface area (Å²) < 4.78 is 7.35. The zero-order valence-corrected chi connectivity index (χ0v) is 20.8. The van der Waals surface area contributed by atoms with E-state index in [9.17, 15) is 0 Å². The van der Waals surface area contributed by atoms with Gasteiger partial charge in [-0.15, -0.1) is 0 Å². The highest BCUT2D eigenvalue weighted by Gasteiger charge is 2.26. The van der Waals surface area contributed by atoms with Crippen LogP contribution in [-0.2, 0) is 17.8 Å². The minimum absolute atomic E-state index is 0.408. The van der Waals surface area contributed by atoms with E-state index in [0.717, 1.165) is 54.0 Å². The van der Waals surface area contributed by atoms with Crippen LogP contribution in [0, 0.1) is 0 Å². The van der Waals surface area contributed by atoms with E-state index in [1.165, 1.54) is 11.1 Å². The van der Waals surface area contributed by atoms with E-state index >= 15 is 0 Å². The number of methoxy groups -OCH3 is 1. The first-order valence-corrected chi connectivity index (χ1v) is 12.1. The molecule has 0 N–H and O–H groups in total. The number of ether oxygens (including phenoxy) is 1. The zero-order chi connectivity index (χ0) is 24.4. The molecule has 1 aliphatic rings. The molecule has 4 aromatic rings. The lowest BCUT2D eigenvalue weighted by Crippen LogP contribution is -2.27. The Morgan fingerprint density at radius 2 is 1.83 bits per heavy atom. The van der Waals surface area contributed by atoms with Gasteiger partial charge in [-0.1, -0.05) is 62.4 Å². The molecule has 5 rings (SSSR count). The van der Waals surface area contributed by atoms with Crippen LogP contribution in [-0.4, -0.2) is 47.0 Å². The van der Waals surface area contributed by atoms with Gasteiger partial charge < -0.3 is 19.1 Å². The third-order valence-corrected chi connectivity index (χ3v) is 6.50. The number of nitrogens with zero attached hydrogens (tertiary/aromatic N) is 6. The fraction of sp³-hybridized carbons (Fsp3) is 0.321. The molecule has 3 heterocycles. The molecular weight excluding hydrogens is 436 g/mol. The van der Waals surface area contributed by atoms with Gasteiger partial charge in [0.25, 0.3) is 0 Å². The predicted octanol–water partition coefficient (Wildman–Crippen LogP) is 5.19. The first-order valence-electron chi connectivity index (χ1n) is 12.1. The van der Waals surface area contributed by atoms with E-state index in [4.69, 9.17) is 14.7 Å². The largest absolute Gasteiger partial charge is 0.383 e. The van der Waals surface area contributed by atoms with E-state index in [2.05, 4.69) is 88.8 Å². The van der Waals surface area contributed by atoms with Crippen molar-refractivity contribution in [3.05, 3.63) is 78.2 Å². The molecule has 0 bridgehead atoms. The number of anilines is 2. The highest BCUT2D eigenvalue weighted by molar-refractivity contribution is 5.74. The van der Waals surface area contributed by atoms with Crippen molar-refractivity contribution in [2.24, 2.45) is 0 Å². The minimum atomic E-state index is 0.408. The van der Waals surface area contributed by atoms with Gasteiger partial charge >= 0.3 is 0 Å². The van der Waals surface area contributed by atoms with Gasteiger partial charge in [-0.05, 0) is 17.0 Å². The maximum absolute atomic E-state index is 5.22. The molecule has 0 spiro atoms. The summed E-state index contributed by atoms with van der Waals surface area (Å²) in [5.41, 5.74) is 5.77. The number of benzene rings is 2. The monoisotopic (exact) mass is 468 g/mol. The van der Waals surface area contributed by atoms with E-state index in [-0.39, 0.29) is 0 Å². The molecule has 0 unspecified atom stereocenters. The van der Waals surface area contributed by atoms with Crippen molar-refractivity contribution >= 4 is 11.5 Å². The van der Waals surface area contributed by atoms with Crippen molar-refractivity contribution in [3.63, 3.8) is 0 Å². The maximum Gasteiger partial charge on any atom is 0.161 e. The molecule has 35 heavy (non-hydrogen) atoms. The molecule has 0 aliphatic carbocycles. The van der Waals surface area contributed by atoms with Gasteiger partial charge in [0.15, 0.2) is 11.6 Å². The number of aromatic nitrogens is 4. The molecule has 0 radical (unpaired) electrons. The Hall–Kier alpha value is -3.71. The third-order valence-electron chi connectivity index (χ3n) is 6.50. The van der Waals surface area contributed by atoms with E-state index in [1.807, 2.05) is 18.6 Å². The van der Waals surface area contributed by atoms with E-state index < -0.39 is 0 Å². The van der Waals surface area contributed by atoms with E-state index in [1.54, 1.807) is 7.11 Å². The standard InChI is InChI=1S/C28H32N6O/c1-20(2)23-7-5-6-8-24(23)26-30-17-25-28(31-26)34(19-32(25)3)18-21-9-11-22(12-10-21)27-29-13-14-33(27)15-16-35-4/h5-14,17,20H,15-16,18-19H2,1-4H3. The summed E-state index contributed by atoms with van der Waals surface area (Å²) >= 11 is 0. The maximum atomic E-state index is 5.22. The van der Waals surface area contributed by atoms with Crippen LogP contribution in [0.15, 0.2) is 67.1 Å². The fourth-order valence-electron chi connectivity index (χ4n) is 4.65. The molecule has 7 heteroatoms. The summed E-state index contributed by atoms with van der Waals surface area (Å²) in [5.74, 6) is 3.13. The Bertz CT molecular complexity index is 1300. The molecule has 180 valence electrons. The average Bonchev–Trinajstić information content (AvgIpc) is 3.47. The second-order valence-electron chi connectivity index (χ2n) is 9.32. The lowest BCUT2D eigenvalue weighted by molar-refractivity contribution is 0.187. The first-order chi connectivity index (χ1) is 17.0. The van der Waals surface area contributed by atoms with Crippen molar-refractivity contribution in [2.75, 3.05) is 37.2 Å². The molecule has 2 aromatic heterocycles. The number of hydrogen-bond acceptors (Lipinski definition) is 6. The van der Waals surface area contributed by atoms with Crippen LogP contribution in [0.3, 0.4) is 0 Å². The Balaban J connectivity index is 1.39. The Morgan fingerprint density at radius 3 is 2.60 bits per heavy atom. The number of rotatable bonds is 8. The summed E-state index contributed by atoms with van der Waals surface area (Å²) in [6, 6.07) is 17.1. The van der Waals surface area contributed by atoms with Crippen LogP contribution in [0.25, 0.3) is 22.8 Å². The van der Waals surface area contributed by atoms with Crippen LogP contribution in [0.2, 0.25) is 0 Å². The second kappa shape index (κ2) is 9.88. The fourth-order valence-corrected chi connectivity index (χ4v) is 4.65. The van der Waals surface area contributed by atoms with Crippen molar-refractivity contribution in [1.82, 2.24) is 19.5 Å². The zero-order valence-electron chi connectivity index (χ0n) is 20.8. The van der Waals surface area contributed by atoms with Gasteiger partial charge in [0.05, 0.1) is 25.2 Å². The van der Waals surface area contributed by atoms with Crippen LogP contribution in [0.1, 0.15) is 30.9 Å². The molecule has 0 fully saturated rings. The highest BCUT2D eigenvalue weighted by Crippen LogP contribution is 2.36. The second-order valence-corrected chi connectivity index (χ2v) is 9.32. The van der Waals surface area contributed by atoms with Gasteiger partial charge in [-0.25, -0.2) is 15.0 Å². The lowest BCUT2D eigenvalue weighted by atomic mass is 9.97. The van der Waals surface area contributed by atoms with Crippen LogP contribution >= 0.6 is 0 Å². The average molecular weight is 469 g/mol. The van der Waals surface area contributed by atoms with Gasteiger partial charge in [0.2, 0.25) is 0 Å². The summed E-state index contributed by atoms with van der Waals surface area (Å²) in [6.07, 6.45) is 5.79. The number of imidazole rings is 1. The third kappa shape index (κ3) is 4.64. The van der Waals surface area contributed by atoms with Gasteiger partial charge in [-0.3, -0.25) is 0 Å². The van der Waals surface area contributed by atoms with Gasteiger partial charge in [-0.2, -0.15) is 0 Å². The quantitative estimate of drug-likeness (QED) is 0.355. The first kappa shape index (κ1) is 23.1. The van der Waals surface area contributed by atoms with Crippen LogP contribution < -0.4 is 9.80 Å². The molecule has 0 atom stereocenters. The summed E-state index contributed by atoms with van der Waals surface area (Å²) in [7, 11) is 3.81. The normalized spacial score (nSPS) is 13.1. The molecule has 0 saturated heterocycles. The predicted molar refractivity (Wildman–Crippen MR) is 141 cm³/mol. The SMILES string of the molecule is COCCn1ccnc1-c1ccc(CN2CN(C)c3cnc(-c4ccccc4C(C)C)nc32)cc1. The highest BCUT2D eigenvalue weighted by atomic mass is 16.5. The molecule has 0 amide bonds. The summed E-state index contributed by atoms with van der Waals surface area (Å²) in [5, 5.41) is 0. The Kier molecular flexibility index (Phi) is 6.51. The molecule has 1 aliphatic heterocycles. The van der Waals surface area contributed by atoms with Gasteiger partial charge in [0.1, 0.15) is 5.82 Å². The minimum Gasteiger partial charge on any atom is -0.383 e. The molecule has 0 saturated carbocycles. The molecule has 7 nitrogen and oxygen atoms in total. The summed E-state index contributed by atoms with van der Waals surface area (Å²) in [4.78, 5) is 18.8. The van der Waals surface area contributed by atoms with Crippen molar-refractivity contribution in [3.8, 4) is 22.8 Å². The molecule has 2 aromatic carbocycles. The van der Waals surface area contributed by atoms with Crippen LogP contribution in [0.5, 0.6) is 0 Å². The number of hydrogen-bond donors (Lipinski definition) is 0. The van der Waals surface area contributed by atoms with Crippen molar-refractivity contribution in [2.45, 2.75) is 32.9 Å². The molecular formula is C28H32N6O. The Morgan fingerprint density at radius 1 is 1.03 bits per heavy atom. The smallest absolute Gasteiger partial charge is 0.161 e. The van der Waals surface area contributed by atoms with Crippen molar-refractivity contribution in [1.29, 1.82) is 0 Å². The van der Waals surface area contributed by atoms with Gasteiger partial charge in [0, 0.05) is 50.8 Å². The topological polar surface area (TPSA) is 59.3 Å². The van der Waals surface area contributed by atoms with Crippen LogP contribution in [0.4, 0.5) is 11.5 Å². The lowest BCUT2D eigenvalue weighted by Gasteiger charge is -2.19. The number of fused-ring (bicyclic) bond motifs is 1. The Labute approximate surface area is 207 Å². The van der Waals surface area contributed by atoms with E-state index in [0.29, 0.717) is 12.5 Å². The van der Waals surface area contributed by atoms with Crippen molar-refractivity contribution < 1.29 is 4.74 Å². The summed E-state index contributed by atoms with van der Waals surface area (Å²) in [6.45, 7) is 7.42.